The van der Waals surface area contributed by atoms with Gasteiger partial charge < -0.3 is 5.73 Å². The molecule has 64 valence electrons. The van der Waals surface area contributed by atoms with Crippen LogP contribution in [0.5, 0.6) is 0 Å². The maximum Gasteiger partial charge on any atom is 0.253 e. The van der Waals surface area contributed by atoms with Crippen LogP contribution in [0.3, 0.4) is 0 Å². The lowest BCUT2D eigenvalue weighted by Gasteiger charge is -2.23. The van der Waals surface area contributed by atoms with Crippen molar-refractivity contribution in [2.45, 2.75) is 31.7 Å². The monoisotopic (exact) mass is 161 g/mol. The molecule has 0 radical (unpaired) electrons. The lowest BCUT2D eigenvalue weighted by Crippen LogP contribution is -2.37. The molecule has 1 aliphatic carbocycles. The fourth-order valence-electron chi connectivity index (χ4n) is 1.37. The predicted octanol–water partition coefficient (Wildman–Crippen LogP) is 1.94. The van der Waals surface area contributed by atoms with E-state index in [9.17, 15) is 8.78 Å². The quantitative estimate of drug-likeness (QED) is 0.615. The van der Waals surface area contributed by atoms with Gasteiger partial charge in [0.25, 0.3) is 6.43 Å². The fourth-order valence-corrected chi connectivity index (χ4v) is 1.37. The van der Waals surface area contributed by atoms with Gasteiger partial charge >= 0.3 is 0 Å². The van der Waals surface area contributed by atoms with Crippen LogP contribution in [-0.4, -0.2) is 12.5 Å². The Labute approximate surface area is 65.3 Å². The fraction of sp³-hybridized carbons (Fsp3) is 0.750. The maximum absolute atomic E-state index is 12.1. The molecule has 0 aromatic carbocycles. The zero-order chi connectivity index (χ0) is 8.27. The molecular formula is C8H13F2N. The van der Waals surface area contributed by atoms with Gasteiger partial charge in [0.15, 0.2) is 0 Å². The second-order valence-electron chi connectivity index (χ2n) is 2.96. The van der Waals surface area contributed by atoms with Crippen molar-refractivity contribution in [1.82, 2.24) is 0 Å². The van der Waals surface area contributed by atoms with E-state index in [0.717, 1.165) is 12.8 Å². The number of allylic oxidation sites excluding steroid dienone is 2. The number of nitrogens with two attached hydrogens (primary N) is 1. The van der Waals surface area contributed by atoms with E-state index in [1.807, 2.05) is 12.2 Å². The first kappa shape index (κ1) is 8.65. The first-order valence-corrected chi connectivity index (χ1v) is 3.90. The van der Waals surface area contributed by atoms with Gasteiger partial charge in [0, 0.05) is 0 Å². The molecule has 11 heavy (non-hydrogen) atoms. The molecule has 1 nitrogen and oxygen atoms in total. The Balaban J connectivity index is 2.40. The molecule has 0 aromatic heterocycles. The SMILES string of the molecule is NC(C(F)F)C1CC=CCC1. The minimum Gasteiger partial charge on any atom is -0.323 e. The van der Waals surface area contributed by atoms with E-state index in [1.165, 1.54) is 0 Å². The Morgan fingerprint density at radius 1 is 1.36 bits per heavy atom. The number of rotatable bonds is 2. The van der Waals surface area contributed by atoms with Gasteiger partial charge in [-0.25, -0.2) is 8.78 Å². The topological polar surface area (TPSA) is 26.0 Å². The van der Waals surface area contributed by atoms with Crippen molar-refractivity contribution in [1.29, 1.82) is 0 Å². The first-order chi connectivity index (χ1) is 5.22. The Kier molecular flexibility index (Phi) is 3.00. The molecule has 0 fully saturated rings. The molecule has 1 rings (SSSR count). The van der Waals surface area contributed by atoms with E-state index < -0.39 is 12.5 Å². The van der Waals surface area contributed by atoms with Crippen LogP contribution in [0.15, 0.2) is 12.2 Å². The van der Waals surface area contributed by atoms with Crippen LogP contribution in [0.4, 0.5) is 8.78 Å². The minimum atomic E-state index is -2.37. The summed E-state index contributed by atoms with van der Waals surface area (Å²) < 4.78 is 24.1. The summed E-state index contributed by atoms with van der Waals surface area (Å²) >= 11 is 0. The molecule has 0 spiro atoms. The number of halogens is 2. The molecule has 0 aliphatic heterocycles. The van der Waals surface area contributed by atoms with Crippen LogP contribution >= 0.6 is 0 Å². The van der Waals surface area contributed by atoms with Crippen LogP contribution in [-0.2, 0) is 0 Å². The van der Waals surface area contributed by atoms with Crippen molar-refractivity contribution >= 4 is 0 Å². The molecule has 0 saturated carbocycles. The van der Waals surface area contributed by atoms with Crippen molar-refractivity contribution in [2.75, 3.05) is 0 Å². The third-order valence-corrected chi connectivity index (χ3v) is 2.14. The van der Waals surface area contributed by atoms with Crippen molar-refractivity contribution in [2.24, 2.45) is 11.7 Å². The number of hydrogen-bond acceptors (Lipinski definition) is 1. The zero-order valence-corrected chi connectivity index (χ0v) is 6.34. The summed E-state index contributed by atoms with van der Waals surface area (Å²) in [6, 6.07) is -0.931. The van der Waals surface area contributed by atoms with Gasteiger partial charge in [0.1, 0.15) is 0 Å². The summed E-state index contributed by atoms with van der Waals surface area (Å²) in [6.45, 7) is 0. The van der Waals surface area contributed by atoms with Gasteiger partial charge in [-0.2, -0.15) is 0 Å². The number of alkyl halides is 2. The van der Waals surface area contributed by atoms with Gasteiger partial charge in [-0.3, -0.25) is 0 Å². The van der Waals surface area contributed by atoms with E-state index in [4.69, 9.17) is 5.73 Å². The van der Waals surface area contributed by atoms with Crippen LogP contribution in [0, 0.1) is 5.92 Å². The van der Waals surface area contributed by atoms with E-state index in [-0.39, 0.29) is 5.92 Å². The molecule has 1 aliphatic rings. The van der Waals surface area contributed by atoms with E-state index in [2.05, 4.69) is 0 Å². The van der Waals surface area contributed by atoms with Gasteiger partial charge in [-0.1, -0.05) is 12.2 Å². The lowest BCUT2D eigenvalue weighted by atomic mass is 9.88. The third kappa shape index (κ3) is 2.26. The van der Waals surface area contributed by atoms with Gasteiger partial charge in [-0.15, -0.1) is 0 Å². The highest BCUT2D eigenvalue weighted by Crippen LogP contribution is 2.23. The van der Waals surface area contributed by atoms with Gasteiger partial charge in [0.2, 0.25) is 0 Å². The number of hydrogen-bond donors (Lipinski definition) is 1. The Bertz CT molecular complexity index is 145. The minimum absolute atomic E-state index is 0.0139. The summed E-state index contributed by atoms with van der Waals surface area (Å²) in [6.07, 6.45) is 4.01. The lowest BCUT2D eigenvalue weighted by molar-refractivity contribution is 0.0857. The maximum atomic E-state index is 12.1. The van der Waals surface area contributed by atoms with Crippen LogP contribution in [0.1, 0.15) is 19.3 Å². The summed E-state index contributed by atoms with van der Waals surface area (Å²) in [5, 5.41) is 0. The van der Waals surface area contributed by atoms with Crippen molar-refractivity contribution in [3.63, 3.8) is 0 Å². The zero-order valence-electron chi connectivity index (χ0n) is 6.34. The third-order valence-electron chi connectivity index (χ3n) is 2.14. The van der Waals surface area contributed by atoms with Crippen LogP contribution in [0.2, 0.25) is 0 Å². The Morgan fingerprint density at radius 2 is 2.09 bits per heavy atom. The molecule has 2 atom stereocenters. The predicted molar refractivity (Wildman–Crippen MR) is 40.5 cm³/mol. The van der Waals surface area contributed by atoms with Crippen molar-refractivity contribution < 1.29 is 8.78 Å². The molecular weight excluding hydrogens is 148 g/mol. The Hall–Kier alpha value is -0.440. The second-order valence-corrected chi connectivity index (χ2v) is 2.96. The van der Waals surface area contributed by atoms with E-state index in [1.54, 1.807) is 0 Å². The molecule has 0 aromatic rings. The molecule has 0 saturated heterocycles. The molecule has 0 amide bonds. The van der Waals surface area contributed by atoms with E-state index in [0.29, 0.717) is 6.42 Å². The highest BCUT2D eigenvalue weighted by molar-refractivity contribution is 4.93. The van der Waals surface area contributed by atoms with Crippen molar-refractivity contribution in [3.8, 4) is 0 Å². The van der Waals surface area contributed by atoms with Crippen LogP contribution in [0.25, 0.3) is 0 Å². The summed E-state index contributed by atoms with van der Waals surface area (Å²) in [7, 11) is 0. The molecule has 3 heteroatoms. The molecule has 2 N–H and O–H groups in total. The average Bonchev–Trinajstić information content (AvgIpc) is 2.05. The summed E-state index contributed by atoms with van der Waals surface area (Å²) in [5.74, 6) is -0.0139. The summed E-state index contributed by atoms with van der Waals surface area (Å²) in [4.78, 5) is 0. The molecule has 0 bridgehead atoms. The van der Waals surface area contributed by atoms with Gasteiger partial charge in [0.05, 0.1) is 6.04 Å². The van der Waals surface area contributed by atoms with Crippen LogP contribution < -0.4 is 5.73 Å². The highest BCUT2D eigenvalue weighted by atomic mass is 19.3. The van der Waals surface area contributed by atoms with Crippen molar-refractivity contribution in [3.05, 3.63) is 12.2 Å². The molecule has 0 heterocycles. The first-order valence-electron chi connectivity index (χ1n) is 3.90. The highest BCUT2D eigenvalue weighted by Gasteiger charge is 2.25. The normalized spacial score (nSPS) is 27.5. The average molecular weight is 161 g/mol. The van der Waals surface area contributed by atoms with E-state index >= 15 is 0 Å². The largest absolute Gasteiger partial charge is 0.323 e. The molecule has 2 unspecified atom stereocenters. The Morgan fingerprint density at radius 3 is 2.55 bits per heavy atom. The smallest absolute Gasteiger partial charge is 0.253 e. The standard InChI is InChI=1S/C8H13F2N/c9-8(10)7(11)6-4-2-1-3-5-6/h1-2,6-8H,3-5,11H2. The second kappa shape index (κ2) is 3.81. The summed E-state index contributed by atoms with van der Waals surface area (Å²) in [5.41, 5.74) is 5.31. The van der Waals surface area contributed by atoms with Gasteiger partial charge in [-0.05, 0) is 25.2 Å².